The van der Waals surface area contributed by atoms with Crippen LogP contribution >= 0.6 is 0 Å². The Bertz CT molecular complexity index is 795. The number of sulfonamides is 1. The smallest absolute Gasteiger partial charge is 0.257 e. The summed E-state index contributed by atoms with van der Waals surface area (Å²) < 4.78 is 26.9. The van der Waals surface area contributed by atoms with Gasteiger partial charge >= 0.3 is 0 Å². The van der Waals surface area contributed by atoms with Crippen molar-refractivity contribution in [1.82, 2.24) is 0 Å². The second-order valence-corrected chi connectivity index (χ2v) is 7.31. The summed E-state index contributed by atoms with van der Waals surface area (Å²) in [7, 11) is -3.46. The Hall–Kier alpha value is -2.07. The minimum absolute atomic E-state index is 0.540. The lowest BCUT2D eigenvalue weighted by atomic mass is 10.0. The van der Waals surface area contributed by atoms with Gasteiger partial charge in [-0.3, -0.25) is 4.31 Å². The van der Waals surface area contributed by atoms with Crippen molar-refractivity contribution in [1.29, 1.82) is 0 Å². The van der Waals surface area contributed by atoms with Gasteiger partial charge in [0.2, 0.25) is 0 Å². The number of benzene rings is 2. The van der Waals surface area contributed by atoms with E-state index in [1.165, 1.54) is 9.71 Å². The highest BCUT2D eigenvalue weighted by atomic mass is 32.2. The van der Waals surface area contributed by atoms with Gasteiger partial charge in [-0.2, -0.15) is 0 Å². The maximum absolute atomic E-state index is 12.7. The number of hydrogen-bond acceptors (Lipinski definition) is 2. The summed E-state index contributed by atoms with van der Waals surface area (Å²) in [4.78, 5) is 0. The van der Waals surface area contributed by atoms with E-state index in [1.807, 2.05) is 55.5 Å². The molecule has 114 valence electrons. The first-order chi connectivity index (χ1) is 10.6. The molecule has 1 heterocycles. The maximum Gasteiger partial charge on any atom is 0.257 e. The van der Waals surface area contributed by atoms with E-state index in [9.17, 15) is 8.42 Å². The van der Waals surface area contributed by atoms with Gasteiger partial charge in [0.15, 0.2) is 0 Å². The molecule has 22 heavy (non-hydrogen) atoms. The Morgan fingerprint density at radius 3 is 2.64 bits per heavy atom. The van der Waals surface area contributed by atoms with Gasteiger partial charge in [-0.15, -0.1) is 0 Å². The average molecular weight is 313 g/mol. The van der Waals surface area contributed by atoms with E-state index in [4.69, 9.17) is 0 Å². The fourth-order valence-electron chi connectivity index (χ4n) is 2.72. The standard InChI is InChI=1S/C18H19NO2S/c1-15-9-10-17-8-5-12-19(18(17)14-15)22(20,21)13-11-16-6-3-2-4-7-16/h2-4,6-7,9-11,13-14H,5,8,12H2,1H3. The van der Waals surface area contributed by atoms with E-state index < -0.39 is 10.0 Å². The van der Waals surface area contributed by atoms with Gasteiger partial charge in [-0.05, 0) is 48.6 Å². The molecule has 0 radical (unpaired) electrons. The van der Waals surface area contributed by atoms with Crippen molar-refractivity contribution in [3.05, 3.63) is 70.6 Å². The van der Waals surface area contributed by atoms with Gasteiger partial charge in [0.05, 0.1) is 11.1 Å². The Labute approximate surface area is 132 Å². The molecule has 4 heteroatoms. The highest BCUT2D eigenvalue weighted by Gasteiger charge is 2.25. The summed E-state index contributed by atoms with van der Waals surface area (Å²) in [5.41, 5.74) is 3.89. The molecule has 1 aliphatic heterocycles. The molecule has 1 aliphatic rings. The molecule has 0 bridgehead atoms. The van der Waals surface area contributed by atoms with Crippen molar-refractivity contribution in [2.24, 2.45) is 0 Å². The van der Waals surface area contributed by atoms with Gasteiger partial charge in [0.1, 0.15) is 0 Å². The zero-order valence-electron chi connectivity index (χ0n) is 12.6. The highest BCUT2D eigenvalue weighted by Crippen LogP contribution is 2.30. The lowest BCUT2D eigenvalue weighted by Crippen LogP contribution is -2.34. The van der Waals surface area contributed by atoms with Crippen LogP contribution in [0, 0.1) is 6.92 Å². The van der Waals surface area contributed by atoms with Gasteiger partial charge in [-0.1, -0.05) is 42.5 Å². The molecule has 0 saturated heterocycles. The topological polar surface area (TPSA) is 37.4 Å². The molecule has 0 saturated carbocycles. The number of anilines is 1. The van der Waals surface area contributed by atoms with Crippen molar-refractivity contribution in [3.8, 4) is 0 Å². The fourth-order valence-corrected chi connectivity index (χ4v) is 4.02. The van der Waals surface area contributed by atoms with Gasteiger partial charge in [0, 0.05) is 6.54 Å². The van der Waals surface area contributed by atoms with Gasteiger partial charge in [0.25, 0.3) is 10.0 Å². The van der Waals surface area contributed by atoms with Crippen LogP contribution in [-0.4, -0.2) is 15.0 Å². The van der Waals surface area contributed by atoms with Gasteiger partial charge in [-0.25, -0.2) is 8.42 Å². The molecule has 0 fully saturated rings. The van der Waals surface area contributed by atoms with E-state index in [-0.39, 0.29) is 0 Å². The second-order valence-electron chi connectivity index (χ2n) is 5.57. The number of hydrogen-bond donors (Lipinski definition) is 0. The fraction of sp³-hybridized carbons (Fsp3) is 0.222. The van der Waals surface area contributed by atoms with Crippen molar-refractivity contribution >= 4 is 21.8 Å². The van der Waals surface area contributed by atoms with Crippen LogP contribution in [-0.2, 0) is 16.4 Å². The van der Waals surface area contributed by atoms with E-state index >= 15 is 0 Å². The van der Waals surface area contributed by atoms with Crippen LogP contribution in [0.25, 0.3) is 6.08 Å². The zero-order valence-corrected chi connectivity index (χ0v) is 13.4. The quantitative estimate of drug-likeness (QED) is 0.865. The third kappa shape index (κ3) is 3.07. The molecule has 0 unspecified atom stereocenters. The van der Waals surface area contributed by atoms with Crippen LogP contribution in [0.5, 0.6) is 0 Å². The van der Waals surface area contributed by atoms with E-state index in [1.54, 1.807) is 6.08 Å². The summed E-state index contributed by atoms with van der Waals surface area (Å²) in [5, 5.41) is 1.31. The van der Waals surface area contributed by atoms with Crippen molar-refractivity contribution in [2.75, 3.05) is 10.8 Å². The lowest BCUT2D eigenvalue weighted by Gasteiger charge is -2.29. The Balaban J connectivity index is 1.94. The van der Waals surface area contributed by atoms with E-state index in [2.05, 4.69) is 0 Å². The van der Waals surface area contributed by atoms with Crippen LogP contribution in [0.3, 0.4) is 0 Å². The highest BCUT2D eigenvalue weighted by molar-refractivity contribution is 7.95. The van der Waals surface area contributed by atoms with Crippen LogP contribution in [0.2, 0.25) is 0 Å². The molecule has 3 rings (SSSR count). The summed E-state index contributed by atoms with van der Waals surface area (Å²) in [6, 6.07) is 15.5. The maximum atomic E-state index is 12.7. The first-order valence-electron chi connectivity index (χ1n) is 7.42. The first kappa shape index (κ1) is 14.9. The predicted molar refractivity (Wildman–Crippen MR) is 91.2 cm³/mol. The zero-order chi connectivity index (χ0) is 15.6. The van der Waals surface area contributed by atoms with Crippen LogP contribution in [0.1, 0.15) is 23.1 Å². The predicted octanol–water partition coefficient (Wildman–Crippen LogP) is 3.75. The molecule has 0 N–H and O–H groups in total. The molecule has 2 aromatic carbocycles. The van der Waals surface area contributed by atoms with Crippen molar-refractivity contribution in [3.63, 3.8) is 0 Å². The Morgan fingerprint density at radius 2 is 1.86 bits per heavy atom. The van der Waals surface area contributed by atoms with Crippen LogP contribution < -0.4 is 4.31 Å². The minimum Gasteiger partial charge on any atom is -0.267 e. The largest absolute Gasteiger partial charge is 0.267 e. The summed E-state index contributed by atoms with van der Waals surface area (Å²) in [5.74, 6) is 0. The average Bonchev–Trinajstić information content (AvgIpc) is 2.53. The van der Waals surface area contributed by atoms with E-state index in [0.717, 1.165) is 35.2 Å². The number of aryl methyl sites for hydroxylation is 2. The summed E-state index contributed by atoms with van der Waals surface area (Å²) >= 11 is 0. The minimum atomic E-state index is -3.46. The SMILES string of the molecule is Cc1ccc2c(c1)N(S(=O)(=O)C=Cc1ccccc1)CCC2. The molecule has 0 spiro atoms. The van der Waals surface area contributed by atoms with Crippen LogP contribution in [0.15, 0.2) is 53.9 Å². The molecule has 0 aromatic heterocycles. The number of fused-ring (bicyclic) bond motifs is 1. The summed E-state index contributed by atoms with van der Waals surface area (Å²) in [6.07, 6.45) is 3.44. The van der Waals surface area contributed by atoms with Crippen LogP contribution in [0.4, 0.5) is 5.69 Å². The monoisotopic (exact) mass is 313 g/mol. The second kappa shape index (κ2) is 5.97. The number of nitrogens with zero attached hydrogens (tertiary/aromatic N) is 1. The molecule has 0 amide bonds. The molecule has 0 aliphatic carbocycles. The third-order valence-corrected chi connectivity index (χ3v) is 5.33. The molecular formula is C18H19NO2S. The van der Waals surface area contributed by atoms with Crippen molar-refractivity contribution in [2.45, 2.75) is 19.8 Å². The van der Waals surface area contributed by atoms with E-state index in [0.29, 0.717) is 6.54 Å². The summed E-state index contributed by atoms with van der Waals surface area (Å²) in [6.45, 7) is 2.53. The Kier molecular flexibility index (Phi) is 4.03. The normalized spacial score (nSPS) is 15.0. The number of rotatable bonds is 3. The molecule has 3 nitrogen and oxygen atoms in total. The molecule has 0 atom stereocenters. The van der Waals surface area contributed by atoms with Gasteiger partial charge < -0.3 is 0 Å². The molecule has 2 aromatic rings. The lowest BCUT2D eigenvalue weighted by molar-refractivity contribution is 0.595. The first-order valence-corrected chi connectivity index (χ1v) is 8.92. The molecular weight excluding hydrogens is 294 g/mol. The van der Waals surface area contributed by atoms with Crippen molar-refractivity contribution < 1.29 is 8.42 Å². The third-order valence-electron chi connectivity index (χ3n) is 3.86. The Morgan fingerprint density at radius 1 is 1.09 bits per heavy atom.